The highest BCUT2D eigenvalue weighted by Gasteiger charge is 2.21. The third-order valence-electron chi connectivity index (χ3n) is 3.73. The molecule has 0 atom stereocenters. The van der Waals surface area contributed by atoms with Crippen molar-refractivity contribution in [2.75, 3.05) is 13.7 Å². The lowest BCUT2D eigenvalue weighted by atomic mass is 10.1. The number of methoxy groups -OCH3 is 1. The molecule has 24 heavy (non-hydrogen) atoms. The minimum Gasteiger partial charge on any atom is -0.497 e. The Kier molecular flexibility index (Phi) is 5.18. The lowest BCUT2D eigenvalue weighted by Gasteiger charge is -2.05. The van der Waals surface area contributed by atoms with Gasteiger partial charge in [0, 0.05) is 11.3 Å². The lowest BCUT2D eigenvalue weighted by Crippen LogP contribution is -2.15. The lowest BCUT2D eigenvalue weighted by molar-refractivity contribution is 0.0473. The second kappa shape index (κ2) is 7.12. The number of nitrogens with one attached hydrogen (secondary N) is 1. The summed E-state index contributed by atoms with van der Waals surface area (Å²) in [6.45, 7) is 4.47. The van der Waals surface area contributed by atoms with Crippen molar-refractivity contribution in [1.29, 1.82) is 0 Å². The van der Waals surface area contributed by atoms with Gasteiger partial charge in [-0.1, -0.05) is 0 Å². The maximum Gasteiger partial charge on any atom is 0.338 e. The predicted molar refractivity (Wildman–Crippen MR) is 87.9 cm³/mol. The average Bonchev–Trinajstić information content (AvgIpc) is 2.87. The van der Waals surface area contributed by atoms with E-state index in [1.807, 2.05) is 0 Å². The number of aromatic amines is 1. The van der Waals surface area contributed by atoms with Gasteiger partial charge < -0.3 is 14.5 Å². The van der Waals surface area contributed by atoms with Crippen LogP contribution in [0.2, 0.25) is 0 Å². The van der Waals surface area contributed by atoms with E-state index in [1.54, 1.807) is 38.1 Å². The highest BCUT2D eigenvalue weighted by molar-refractivity contribution is 6.04. The largest absolute Gasteiger partial charge is 0.497 e. The second-order valence-electron chi connectivity index (χ2n) is 5.41. The van der Waals surface area contributed by atoms with Crippen LogP contribution in [-0.2, 0) is 4.74 Å². The molecule has 126 valence electrons. The molecule has 0 unspecified atom stereocenters. The number of aromatic nitrogens is 1. The minimum atomic E-state index is -0.598. The van der Waals surface area contributed by atoms with Crippen molar-refractivity contribution in [3.05, 3.63) is 52.3 Å². The molecule has 0 bridgehead atoms. The fraction of sp³-hybridized carbons (Fsp3) is 0.278. The molecule has 0 aliphatic carbocycles. The molecule has 0 saturated heterocycles. The molecule has 1 aromatic carbocycles. The van der Waals surface area contributed by atoms with E-state index in [9.17, 15) is 14.4 Å². The van der Waals surface area contributed by atoms with Crippen LogP contribution in [0.3, 0.4) is 0 Å². The van der Waals surface area contributed by atoms with E-state index in [1.165, 1.54) is 14.0 Å². The summed E-state index contributed by atoms with van der Waals surface area (Å²) in [4.78, 5) is 38.7. The van der Waals surface area contributed by atoms with Gasteiger partial charge in [0.05, 0.1) is 18.4 Å². The van der Waals surface area contributed by atoms with E-state index in [-0.39, 0.29) is 11.6 Å². The molecule has 1 heterocycles. The first-order chi connectivity index (χ1) is 11.3. The van der Waals surface area contributed by atoms with Gasteiger partial charge in [0.15, 0.2) is 12.4 Å². The van der Waals surface area contributed by atoms with E-state index >= 15 is 0 Å². The zero-order valence-corrected chi connectivity index (χ0v) is 14.1. The maximum absolute atomic E-state index is 12.3. The third kappa shape index (κ3) is 3.53. The molecule has 2 aromatic rings. The number of aryl methyl sites for hydroxylation is 1. The first kappa shape index (κ1) is 17.5. The zero-order valence-electron chi connectivity index (χ0n) is 14.1. The maximum atomic E-state index is 12.3. The molecule has 2 rings (SSSR count). The number of hydrogen-bond donors (Lipinski definition) is 1. The van der Waals surface area contributed by atoms with Crippen molar-refractivity contribution in [3.8, 4) is 5.75 Å². The third-order valence-corrected chi connectivity index (χ3v) is 3.73. The Hall–Kier alpha value is -2.89. The number of benzene rings is 1. The smallest absolute Gasteiger partial charge is 0.338 e. The SMILES string of the molecule is COc1ccc(C(=O)OCC(=O)c2[nH]c(C)c(C(C)=O)c2C)cc1. The van der Waals surface area contributed by atoms with Gasteiger partial charge in [-0.3, -0.25) is 9.59 Å². The summed E-state index contributed by atoms with van der Waals surface area (Å²) in [5, 5.41) is 0. The van der Waals surface area contributed by atoms with Crippen molar-refractivity contribution in [1.82, 2.24) is 4.98 Å². The van der Waals surface area contributed by atoms with Gasteiger partial charge in [-0.15, -0.1) is 0 Å². The quantitative estimate of drug-likeness (QED) is 0.650. The predicted octanol–water partition coefficient (Wildman–Crippen LogP) is 2.88. The first-order valence-corrected chi connectivity index (χ1v) is 7.39. The molecule has 0 aliphatic rings. The van der Waals surface area contributed by atoms with E-state index in [4.69, 9.17) is 9.47 Å². The van der Waals surface area contributed by atoms with Crippen LogP contribution in [0.25, 0.3) is 0 Å². The normalized spacial score (nSPS) is 10.3. The summed E-state index contributed by atoms with van der Waals surface area (Å²) in [6, 6.07) is 6.39. The number of ether oxygens (including phenoxy) is 2. The molecule has 1 N–H and O–H groups in total. The molecule has 6 heteroatoms. The van der Waals surface area contributed by atoms with Crippen molar-refractivity contribution >= 4 is 17.5 Å². The standard InChI is InChI=1S/C18H19NO5/c1-10-16(12(3)20)11(2)19-17(10)15(21)9-24-18(22)13-5-7-14(23-4)8-6-13/h5-8,19H,9H2,1-4H3. The van der Waals surface area contributed by atoms with Gasteiger partial charge in [0.2, 0.25) is 5.78 Å². The van der Waals surface area contributed by atoms with Crippen molar-refractivity contribution < 1.29 is 23.9 Å². The minimum absolute atomic E-state index is 0.115. The van der Waals surface area contributed by atoms with Gasteiger partial charge in [0.25, 0.3) is 0 Å². The van der Waals surface area contributed by atoms with Crippen LogP contribution in [0.4, 0.5) is 0 Å². The summed E-state index contributed by atoms with van der Waals surface area (Å²) in [7, 11) is 1.53. The highest BCUT2D eigenvalue weighted by atomic mass is 16.5. The van der Waals surface area contributed by atoms with Crippen LogP contribution in [0.1, 0.15) is 49.4 Å². The topological polar surface area (TPSA) is 85.5 Å². The summed E-state index contributed by atoms with van der Waals surface area (Å²) in [5.74, 6) is -0.476. The molecule has 0 saturated carbocycles. The number of H-pyrrole nitrogens is 1. The number of esters is 1. The van der Waals surface area contributed by atoms with Gasteiger partial charge in [-0.25, -0.2) is 4.79 Å². The number of ketones is 2. The summed E-state index contributed by atoms with van der Waals surface area (Å²) in [5.41, 5.74) is 2.32. The Morgan fingerprint density at radius 2 is 1.71 bits per heavy atom. The molecule has 6 nitrogen and oxygen atoms in total. The number of carbonyl (C=O) groups excluding carboxylic acids is 3. The molecular weight excluding hydrogens is 310 g/mol. The fourth-order valence-electron chi connectivity index (χ4n) is 2.57. The van der Waals surface area contributed by atoms with E-state index in [0.717, 1.165) is 0 Å². The van der Waals surface area contributed by atoms with Gasteiger partial charge in [-0.2, -0.15) is 0 Å². The average molecular weight is 329 g/mol. The number of hydrogen-bond acceptors (Lipinski definition) is 5. The zero-order chi connectivity index (χ0) is 17.9. The highest BCUT2D eigenvalue weighted by Crippen LogP contribution is 2.19. The van der Waals surface area contributed by atoms with Gasteiger partial charge in [0.1, 0.15) is 5.75 Å². The Morgan fingerprint density at radius 3 is 2.21 bits per heavy atom. The van der Waals surface area contributed by atoms with E-state index in [2.05, 4.69) is 4.98 Å². The van der Waals surface area contributed by atoms with Crippen LogP contribution in [0.15, 0.2) is 24.3 Å². The number of Topliss-reactive ketones (excluding diaryl/α,β-unsaturated/α-hetero) is 2. The molecular formula is C18H19NO5. The van der Waals surface area contributed by atoms with Crippen LogP contribution < -0.4 is 4.74 Å². The van der Waals surface area contributed by atoms with Gasteiger partial charge in [-0.05, 0) is 50.6 Å². The van der Waals surface area contributed by atoms with Crippen LogP contribution in [0, 0.1) is 13.8 Å². The monoisotopic (exact) mass is 329 g/mol. The molecule has 0 aliphatic heterocycles. The molecule has 0 radical (unpaired) electrons. The van der Waals surface area contributed by atoms with E-state index in [0.29, 0.717) is 33.8 Å². The number of rotatable bonds is 6. The van der Waals surface area contributed by atoms with Crippen molar-refractivity contribution in [2.45, 2.75) is 20.8 Å². The fourth-order valence-corrected chi connectivity index (χ4v) is 2.57. The van der Waals surface area contributed by atoms with E-state index < -0.39 is 12.6 Å². The van der Waals surface area contributed by atoms with Crippen molar-refractivity contribution in [2.24, 2.45) is 0 Å². The molecule has 0 fully saturated rings. The summed E-state index contributed by atoms with van der Waals surface area (Å²) in [6.07, 6.45) is 0. The summed E-state index contributed by atoms with van der Waals surface area (Å²) < 4.78 is 10.1. The first-order valence-electron chi connectivity index (χ1n) is 7.39. The molecule has 0 spiro atoms. The van der Waals surface area contributed by atoms with Crippen LogP contribution in [-0.4, -0.2) is 36.2 Å². The Balaban J connectivity index is 2.06. The Labute approximate surface area is 139 Å². The molecule has 1 aromatic heterocycles. The number of carbonyl (C=O) groups is 3. The van der Waals surface area contributed by atoms with Crippen LogP contribution >= 0.6 is 0 Å². The molecule has 0 amide bonds. The second-order valence-corrected chi connectivity index (χ2v) is 5.41. The van der Waals surface area contributed by atoms with Gasteiger partial charge >= 0.3 is 5.97 Å². The Morgan fingerprint density at radius 1 is 1.08 bits per heavy atom. The Bertz CT molecular complexity index is 786. The van der Waals surface area contributed by atoms with Crippen LogP contribution in [0.5, 0.6) is 5.75 Å². The van der Waals surface area contributed by atoms with Crippen molar-refractivity contribution in [3.63, 3.8) is 0 Å². The summed E-state index contributed by atoms with van der Waals surface area (Å²) >= 11 is 0.